The van der Waals surface area contributed by atoms with E-state index in [1.54, 1.807) is 12.1 Å². The van der Waals surface area contributed by atoms with Gasteiger partial charge in [0.05, 0.1) is 6.54 Å². The summed E-state index contributed by atoms with van der Waals surface area (Å²) in [7, 11) is 0. The minimum atomic E-state index is -0.408. The van der Waals surface area contributed by atoms with Crippen LogP contribution in [0, 0.1) is 0 Å². The molecule has 1 aliphatic rings. The van der Waals surface area contributed by atoms with Gasteiger partial charge in [0.2, 0.25) is 5.91 Å². The summed E-state index contributed by atoms with van der Waals surface area (Å²) in [6.07, 6.45) is 4.42. The first-order chi connectivity index (χ1) is 14.7. The summed E-state index contributed by atoms with van der Waals surface area (Å²) in [5.74, 6) is 0.533. The predicted molar refractivity (Wildman–Crippen MR) is 123 cm³/mol. The maximum atomic E-state index is 11.2. The molecule has 1 fully saturated rings. The molecule has 3 rings (SSSR count). The van der Waals surface area contributed by atoms with Crippen LogP contribution in [-0.2, 0) is 6.54 Å². The SMILES string of the molecule is CCNC(=NCc1ccc(C(N)=O)cc1)N1CCN(C/C=C/c2ccccc2)CC1. The molecule has 2 aromatic carbocycles. The summed E-state index contributed by atoms with van der Waals surface area (Å²) in [5.41, 5.74) is 8.12. The van der Waals surface area contributed by atoms with Gasteiger partial charge < -0.3 is 16.0 Å². The standard InChI is InChI=1S/C24H31N5O/c1-2-26-24(27-19-21-10-12-22(13-11-21)23(25)30)29-17-15-28(16-18-29)14-6-9-20-7-4-3-5-8-20/h3-13H,2,14-19H2,1H3,(H2,25,30)(H,26,27)/b9-6+. The van der Waals surface area contributed by atoms with E-state index in [1.165, 1.54) is 5.56 Å². The van der Waals surface area contributed by atoms with Crippen LogP contribution in [0.3, 0.4) is 0 Å². The molecule has 6 nitrogen and oxygen atoms in total. The normalized spacial score (nSPS) is 15.5. The number of nitrogens with two attached hydrogens (primary N) is 1. The van der Waals surface area contributed by atoms with Gasteiger partial charge in [-0.1, -0.05) is 54.6 Å². The molecule has 1 amide bonds. The highest BCUT2D eigenvalue weighted by Gasteiger charge is 2.18. The van der Waals surface area contributed by atoms with Gasteiger partial charge >= 0.3 is 0 Å². The van der Waals surface area contributed by atoms with Crippen molar-refractivity contribution in [3.8, 4) is 0 Å². The molecule has 0 aliphatic carbocycles. The van der Waals surface area contributed by atoms with E-state index in [1.807, 2.05) is 18.2 Å². The van der Waals surface area contributed by atoms with Crippen molar-refractivity contribution < 1.29 is 4.79 Å². The van der Waals surface area contributed by atoms with E-state index in [0.29, 0.717) is 12.1 Å². The first kappa shape index (κ1) is 21.6. The molecule has 0 spiro atoms. The zero-order valence-electron chi connectivity index (χ0n) is 17.6. The Kier molecular flexibility index (Phi) is 8.03. The van der Waals surface area contributed by atoms with Crippen molar-refractivity contribution in [1.82, 2.24) is 15.1 Å². The highest BCUT2D eigenvalue weighted by atomic mass is 16.1. The van der Waals surface area contributed by atoms with Gasteiger partial charge in [-0.05, 0) is 30.2 Å². The summed E-state index contributed by atoms with van der Waals surface area (Å²) < 4.78 is 0. The fourth-order valence-electron chi connectivity index (χ4n) is 3.41. The van der Waals surface area contributed by atoms with Crippen molar-refractivity contribution in [2.45, 2.75) is 13.5 Å². The number of guanidine groups is 1. The van der Waals surface area contributed by atoms with Crippen molar-refractivity contribution in [3.63, 3.8) is 0 Å². The third-order valence-electron chi connectivity index (χ3n) is 5.13. The maximum absolute atomic E-state index is 11.2. The van der Waals surface area contributed by atoms with Crippen LogP contribution in [0.15, 0.2) is 65.7 Å². The maximum Gasteiger partial charge on any atom is 0.248 e. The first-order valence-corrected chi connectivity index (χ1v) is 10.5. The number of primary amides is 1. The lowest BCUT2D eigenvalue weighted by atomic mass is 10.1. The van der Waals surface area contributed by atoms with E-state index in [-0.39, 0.29) is 0 Å². The Balaban J connectivity index is 1.51. The molecule has 1 saturated heterocycles. The largest absolute Gasteiger partial charge is 0.366 e. The Morgan fingerprint density at radius 2 is 1.77 bits per heavy atom. The smallest absolute Gasteiger partial charge is 0.248 e. The van der Waals surface area contributed by atoms with E-state index in [0.717, 1.165) is 50.8 Å². The van der Waals surface area contributed by atoms with Gasteiger partial charge in [-0.15, -0.1) is 0 Å². The van der Waals surface area contributed by atoms with E-state index in [4.69, 9.17) is 10.7 Å². The molecule has 2 aromatic rings. The Morgan fingerprint density at radius 1 is 1.07 bits per heavy atom. The van der Waals surface area contributed by atoms with Gasteiger partial charge in [0.1, 0.15) is 0 Å². The van der Waals surface area contributed by atoms with Gasteiger partial charge in [-0.25, -0.2) is 4.99 Å². The van der Waals surface area contributed by atoms with Crippen molar-refractivity contribution in [2.75, 3.05) is 39.3 Å². The van der Waals surface area contributed by atoms with Gasteiger partial charge in [0, 0.05) is 44.8 Å². The number of aliphatic imine (C=N–C) groups is 1. The van der Waals surface area contributed by atoms with E-state index < -0.39 is 5.91 Å². The molecule has 0 atom stereocenters. The third kappa shape index (κ3) is 6.46. The number of nitrogens with one attached hydrogen (secondary N) is 1. The quantitative estimate of drug-likeness (QED) is 0.549. The summed E-state index contributed by atoms with van der Waals surface area (Å²) >= 11 is 0. The lowest BCUT2D eigenvalue weighted by Gasteiger charge is -2.36. The summed E-state index contributed by atoms with van der Waals surface area (Å²) in [4.78, 5) is 20.8. The van der Waals surface area contributed by atoms with E-state index in [2.05, 4.69) is 58.5 Å². The predicted octanol–water partition coefficient (Wildman–Crippen LogP) is 2.58. The van der Waals surface area contributed by atoms with E-state index in [9.17, 15) is 4.79 Å². The Hall–Kier alpha value is -3.12. The van der Waals surface area contributed by atoms with Gasteiger partial charge in [0.25, 0.3) is 0 Å². The van der Waals surface area contributed by atoms with Crippen molar-refractivity contribution in [1.29, 1.82) is 0 Å². The molecular formula is C24H31N5O. The van der Waals surface area contributed by atoms with Crippen molar-refractivity contribution in [2.24, 2.45) is 10.7 Å². The summed E-state index contributed by atoms with van der Waals surface area (Å²) in [6, 6.07) is 17.7. The second-order valence-corrected chi connectivity index (χ2v) is 7.33. The molecule has 158 valence electrons. The average molecular weight is 406 g/mol. The van der Waals surface area contributed by atoms with Gasteiger partial charge in [-0.2, -0.15) is 0 Å². The third-order valence-corrected chi connectivity index (χ3v) is 5.13. The van der Waals surface area contributed by atoms with E-state index >= 15 is 0 Å². The number of carbonyl (C=O) groups excluding carboxylic acids is 1. The van der Waals surface area contributed by atoms with Crippen LogP contribution < -0.4 is 11.1 Å². The molecule has 0 unspecified atom stereocenters. The highest BCUT2D eigenvalue weighted by Crippen LogP contribution is 2.08. The Labute approximate surface area is 179 Å². The van der Waals surface area contributed by atoms with Crippen LogP contribution in [0.25, 0.3) is 6.08 Å². The number of piperazine rings is 1. The molecule has 3 N–H and O–H groups in total. The van der Waals surface area contributed by atoms with Gasteiger partial charge in [-0.3, -0.25) is 9.69 Å². The minimum Gasteiger partial charge on any atom is -0.366 e. The monoisotopic (exact) mass is 405 g/mol. The number of rotatable bonds is 7. The molecule has 0 saturated carbocycles. The minimum absolute atomic E-state index is 0.408. The van der Waals surface area contributed by atoms with Crippen molar-refractivity contribution >= 4 is 17.9 Å². The van der Waals surface area contributed by atoms with Crippen LogP contribution in [-0.4, -0.2) is 60.9 Å². The van der Waals surface area contributed by atoms with Crippen LogP contribution in [0.1, 0.15) is 28.4 Å². The van der Waals surface area contributed by atoms with Crippen LogP contribution in [0.5, 0.6) is 0 Å². The first-order valence-electron chi connectivity index (χ1n) is 10.5. The molecule has 30 heavy (non-hydrogen) atoms. The number of hydrogen-bond donors (Lipinski definition) is 2. The molecule has 6 heteroatoms. The lowest BCUT2D eigenvalue weighted by Crippen LogP contribution is -2.52. The average Bonchev–Trinajstić information content (AvgIpc) is 2.78. The van der Waals surface area contributed by atoms with Crippen LogP contribution in [0.4, 0.5) is 0 Å². The molecule has 0 bridgehead atoms. The Bertz CT molecular complexity index is 853. The number of nitrogens with zero attached hydrogens (tertiary/aromatic N) is 3. The number of carbonyl (C=O) groups is 1. The van der Waals surface area contributed by atoms with Crippen molar-refractivity contribution in [3.05, 3.63) is 77.4 Å². The lowest BCUT2D eigenvalue weighted by molar-refractivity contribution is 0.100. The highest BCUT2D eigenvalue weighted by molar-refractivity contribution is 5.92. The number of benzene rings is 2. The molecule has 0 aromatic heterocycles. The number of hydrogen-bond acceptors (Lipinski definition) is 3. The second-order valence-electron chi connectivity index (χ2n) is 7.33. The molecule has 1 aliphatic heterocycles. The zero-order valence-corrected chi connectivity index (χ0v) is 17.6. The Morgan fingerprint density at radius 3 is 2.40 bits per heavy atom. The number of amides is 1. The molecular weight excluding hydrogens is 374 g/mol. The molecule has 1 heterocycles. The summed E-state index contributed by atoms with van der Waals surface area (Å²) in [6.45, 7) is 8.37. The topological polar surface area (TPSA) is 74.0 Å². The summed E-state index contributed by atoms with van der Waals surface area (Å²) in [5, 5.41) is 3.40. The van der Waals surface area contributed by atoms with Crippen LogP contribution >= 0.6 is 0 Å². The molecule has 0 radical (unpaired) electrons. The van der Waals surface area contributed by atoms with Crippen LogP contribution in [0.2, 0.25) is 0 Å². The zero-order chi connectivity index (χ0) is 21.2. The fraction of sp³-hybridized carbons (Fsp3) is 0.333. The second kappa shape index (κ2) is 11.2. The van der Waals surface area contributed by atoms with Gasteiger partial charge in [0.15, 0.2) is 5.96 Å². The fourth-order valence-corrected chi connectivity index (χ4v) is 3.41.